The molecule has 0 aliphatic heterocycles. The van der Waals surface area contributed by atoms with Gasteiger partial charge in [0.15, 0.2) is 0 Å². The van der Waals surface area contributed by atoms with E-state index in [1.807, 2.05) is 0 Å². The second-order valence-electron chi connectivity index (χ2n) is 2.68. The van der Waals surface area contributed by atoms with Crippen LogP contribution in [0.4, 0.5) is 0 Å². The summed E-state index contributed by atoms with van der Waals surface area (Å²) in [5.74, 6) is 0. The number of nitrogens with zero attached hydrogens (tertiary/aromatic N) is 2. The maximum Gasteiger partial charge on any atom is 0.246 e. The van der Waals surface area contributed by atoms with E-state index in [1.54, 1.807) is 13.0 Å². The predicted molar refractivity (Wildman–Crippen MR) is 53.2 cm³/mol. The normalized spacial score (nSPS) is 11.9. The second kappa shape index (κ2) is 4.39. The zero-order chi connectivity index (χ0) is 10.6. The van der Waals surface area contributed by atoms with Crippen LogP contribution in [-0.4, -0.2) is 36.0 Å². The molecule has 0 saturated heterocycles. The number of hydrogen-bond acceptors (Lipinski definition) is 3. The summed E-state index contributed by atoms with van der Waals surface area (Å²) in [4.78, 5) is 0.182. The third-order valence-corrected chi connectivity index (χ3v) is 3.70. The van der Waals surface area contributed by atoms with Crippen molar-refractivity contribution in [1.29, 1.82) is 0 Å². The van der Waals surface area contributed by atoms with Crippen molar-refractivity contribution >= 4 is 10.0 Å². The van der Waals surface area contributed by atoms with Gasteiger partial charge in [0.1, 0.15) is 4.90 Å². The van der Waals surface area contributed by atoms with Gasteiger partial charge in [-0.3, -0.25) is 5.10 Å². The Hall–Kier alpha value is -1.14. The topological polar surface area (TPSA) is 66.1 Å². The summed E-state index contributed by atoms with van der Waals surface area (Å²) in [6, 6.07) is 0. The van der Waals surface area contributed by atoms with Gasteiger partial charge in [0.2, 0.25) is 10.0 Å². The fourth-order valence-electron chi connectivity index (χ4n) is 1.07. The standard InChI is InChI=1S/C8H13N3O2S/c1-3-5-11(4-2)14(12,13)8-6-9-10-7-8/h3,6-7H,1,4-5H2,2H3,(H,9,10). The van der Waals surface area contributed by atoms with Crippen LogP contribution in [0, 0.1) is 0 Å². The van der Waals surface area contributed by atoms with Crippen LogP contribution in [0.25, 0.3) is 0 Å². The minimum atomic E-state index is -3.40. The number of nitrogens with one attached hydrogen (secondary N) is 1. The quantitative estimate of drug-likeness (QED) is 0.732. The highest BCUT2D eigenvalue weighted by Crippen LogP contribution is 2.12. The SMILES string of the molecule is C=CCN(CC)S(=O)(=O)c1cn[nH]c1. The highest BCUT2D eigenvalue weighted by molar-refractivity contribution is 7.89. The molecule has 14 heavy (non-hydrogen) atoms. The van der Waals surface area contributed by atoms with E-state index >= 15 is 0 Å². The largest absolute Gasteiger partial charge is 0.284 e. The highest BCUT2D eigenvalue weighted by Gasteiger charge is 2.22. The Morgan fingerprint density at radius 3 is 2.86 bits per heavy atom. The molecule has 6 heteroatoms. The maximum absolute atomic E-state index is 11.8. The van der Waals surface area contributed by atoms with E-state index in [4.69, 9.17) is 0 Å². The van der Waals surface area contributed by atoms with E-state index < -0.39 is 10.0 Å². The summed E-state index contributed by atoms with van der Waals surface area (Å²) in [6.45, 7) is 6.02. The molecule has 0 saturated carbocycles. The minimum absolute atomic E-state index is 0.182. The zero-order valence-electron chi connectivity index (χ0n) is 7.97. The molecule has 0 aliphatic carbocycles. The van der Waals surface area contributed by atoms with Gasteiger partial charge in [0.25, 0.3) is 0 Å². The average Bonchev–Trinajstić information content (AvgIpc) is 2.66. The third kappa shape index (κ3) is 2.02. The van der Waals surface area contributed by atoms with Crippen LogP contribution in [-0.2, 0) is 10.0 Å². The van der Waals surface area contributed by atoms with Crippen LogP contribution in [0.3, 0.4) is 0 Å². The summed E-state index contributed by atoms with van der Waals surface area (Å²) in [6.07, 6.45) is 4.21. The predicted octanol–water partition coefficient (Wildman–Crippen LogP) is 0.606. The lowest BCUT2D eigenvalue weighted by molar-refractivity contribution is 0.460. The molecule has 0 unspecified atom stereocenters. The lowest BCUT2D eigenvalue weighted by atomic mass is 10.6. The van der Waals surface area contributed by atoms with E-state index in [0.29, 0.717) is 13.1 Å². The monoisotopic (exact) mass is 215 g/mol. The molecule has 78 valence electrons. The van der Waals surface area contributed by atoms with Crippen molar-refractivity contribution in [2.45, 2.75) is 11.8 Å². The molecule has 0 spiro atoms. The summed E-state index contributed by atoms with van der Waals surface area (Å²) >= 11 is 0. The molecule has 1 heterocycles. The van der Waals surface area contributed by atoms with Crippen LogP contribution >= 0.6 is 0 Å². The van der Waals surface area contributed by atoms with Crippen molar-refractivity contribution < 1.29 is 8.42 Å². The number of aromatic amines is 1. The fourth-order valence-corrected chi connectivity index (χ4v) is 2.40. The van der Waals surface area contributed by atoms with Crippen LogP contribution in [0.1, 0.15) is 6.92 Å². The number of hydrogen-bond donors (Lipinski definition) is 1. The fraction of sp³-hybridized carbons (Fsp3) is 0.375. The molecule has 0 bridgehead atoms. The Morgan fingerprint density at radius 2 is 2.43 bits per heavy atom. The summed E-state index contributed by atoms with van der Waals surface area (Å²) in [5, 5.41) is 6.08. The van der Waals surface area contributed by atoms with Gasteiger partial charge in [-0.25, -0.2) is 8.42 Å². The number of H-pyrrole nitrogens is 1. The van der Waals surface area contributed by atoms with Crippen molar-refractivity contribution in [2.75, 3.05) is 13.1 Å². The molecule has 1 aromatic heterocycles. The maximum atomic E-state index is 11.8. The van der Waals surface area contributed by atoms with Crippen molar-refractivity contribution in [3.8, 4) is 0 Å². The summed E-state index contributed by atoms with van der Waals surface area (Å²) in [7, 11) is -3.40. The molecule has 0 radical (unpaired) electrons. The molecular weight excluding hydrogens is 202 g/mol. The van der Waals surface area contributed by atoms with Gasteiger partial charge in [-0.2, -0.15) is 9.40 Å². The van der Waals surface area contributed by atoms with Crippen LogP contribution in [0.15, 0.2) is 29.9 Å². The summed E-state index contributed by atoms with van der Waals surface area (Å²) in [5.41, 5.74) is 0. The van der Waals surface area contributed by atoms with Gasteiger partial charge < -0.3 is 0 Å². The van der Waals surface area contributed by atoms with E-state index in [2.05, 4.69) is 16.8 Å². The smallest absolute Gasteiger partial charge is 0.246 e. The van der Waals surface area contributed by atoms with Crippen molar-refractivity contribution in [2.24, 2.45) is 0 Å². The number of aromatic nitrogens is 2. The second-order valence-corrected chi connectivity index (χ2v) is 4.62. The number of likely N-dealkylation sites (N-methyl/N-ethyl adjacent to an activating group) is 1. The molecule has 5 nitrogen and oxygen atoms in total. The lowest BCUT2D eigenvalue weighted by Gasteiger charge is -2.16. The molecule has 1 N–H and O–H groups in total. The minimum Gasteiger partial charge on any atom is -0.284 e. The van der Waals surface area contributed by atoms with Crippen LogP contribution in [0.5, 0.6) is 0 Å². The first kappa shape index (κ1) is 10.9. The van der Waals surface area contributed by atoms with Gasteiger partial charge >= 0.3 is 0 Å². The van der Waals surface area contributed by atoms with Crippen molar-refractivity contribution in [3.05, 3.63) is 25.0 Å². The van der Waals surface area contributed by atoms with Crippen LogP contribution in [0.2, 0.25) is 0 Å². The van der Waals surface area contributed by atoms with Gasteiger partial charge in [-0.05, 0) is 0 Å². The summed E-state index contributed by atoms with van der Waals surface area (Å²) < 4.78 is 25.0. The van der Waals surface area contributed by atoms with Crippen LogP contribution < -0.4 is 0 Å². The first-order chi connectivity index (χ1) is 6.62. The average molecular weight is 215 g/mol. The Morgan fingerprint density at radius 1 is 1.71 bits per heavy atom. The van der Waals surface area contributed by atoms with E-state index in [0.717, 1.165) is 0 Å². The van der Waals surface area contributed by atoms with E-state index in [9.17, 15) is 8.42 Å². The van der Waals surface area contributed by atoms with Gasteiger partial charge in [0.05, 0.1) is 6.20 Å². The van der Waals surface area contributed by atoms with Gasteiger partial charge in [-0.15, -0.1) is 6.58 Å². The Bertz CT molecular complexity index is 383. The van der Waals surface area contributed by atoms with E-state index in [1.165, 1.54) is 16.7 Å². The first-order valence-electron chi connectivity index (χ1n) is 4.22. The Labute approximate surface area is 83.5 Å². The third-order valence-electron chi connectivity index (χ3n) is 1.80. The lowest BCUT2D eigenvalue weighted by Crippen LogP contribution is -2.30. The molecule has 0 aliphatic rings. The molecule has 0 amide bonds. The Kier molecular flexibility index (Phi) is 3.43. The highest BCUT2D eigenvalue weighted by atomic mass is 32.2. The Balaban J connectivity index is 2.99. The molecule has 0 atom stereocenters. The molecule has 0 fully saturated rings. The molecule has 1 aromatic rings. The number of rotatable bonds is 5. The molecular formula is C8H13N3O2S. The molecule has 0 aromatic carbocycles. The van der Waals surface area contributed by atoms with Crippen molar-refractivity contribution in [3.63, 3.8) is 0 Å². The van der Waals surface area contributed by atoms with Crippen molar-refractivity contribution in [1.82, 2.24) is 14.5 Å². The zero-order valence-corrected chi connectivity index (χ0v) is 8.79. The van der Waals surface area contributed by atoms with E-state index in [-0.39, 0.29) is 4.90 Å². The molecule has 1 rings (SSSR count). The van der Waals surface area contributed by atoms with Gasteiger partial charge in [-0.1, -0.05) is 13.0 Å². The number of sulfonamides is 1. The first-order valence-corrected chi connectivity index (χ1v) is 5.66. The van der Waals surface area contributed by atoms with Gasteiger partial charge in [0, 0.05) is 19.3 Å².